The number of hydrogen-bond acceptors (Lipinski definition) is 1. The van der Waals surface area contributed by atoms with Gasteiger partial charge in [-0.1, -0.05) is 115 Å². The highest BCUT2D eigenvalue weighted by Crippen LogP contribution is 2.63. The monoisotopic (exact) mass is 581 g/mol. The molecule has 1 spiro atoms. The number of benzene rings is 6. The van der Waals surface area contributed by atoms with Gasteiger partial charge in [0.05, 0.1) is 11.5 Å². The molecule has 220 valence electrons. The zero-order valence-electron chi connectivity index (χ0n) is 27.1. The molecule has 8 rings (SSSR count). The van der Waals surface area contributed by atoms with E-state index in [1.807, 2.05) is 0 Å². The molecule has 6 aromatic carbocycles. The van der Waals surface area contributed by atoms with Crippen LogP contribution < -0.4 is 4.90 Å². The molecule has 0 aromatic heterocycles. The summed E-state index contributed by atoms with van der Waals surface area (Å²) in [5.41, 5.74) is 20.9. The van der Waals surface area contributed by atoms with Crippen molar-refractivity contribution in [2.24, 2.45) is 0 Å². The lowest BCUT2D eigenvalue weighted by Gasteiger charge is -2.48. The number of aryl methyl sites for hydroxylation is 6. The third kappa shape index (κ3) is 3.80. The zero-order valence-corrected chi connectivity index (χ0v) is 27.1. The summed E-state index contributed by atoms with van der Waals surface area (Å²) < 4.78 is 0. The van der Waals surface area contributed by atoms with Gasteiger partial charge in [0.25, 0.3) is 0 Å². The van der Waals surface area contributed by atoms with E-state index in [-0.39, 0.29) is 6.04 Å². The van der Waals surface area contributed by atoms with Gasteiger partial charge in [0.2, 0.25) is 0 Å². The molecule has 1 heteroatoms. The van der Waals surface area contributed by atoms with Crippen LogP contribution in [-0.2, 0) is 5.41 Å². The predicted octanol–water partition coefficient (Wildman–Crippen LogP) is 11.1. The van der Waals surface area contributed by atoms with Crippen LogP contribution in [-0.4, -0.2) is 0 Å². The minimum absolute atomic E-state index is 0.00330. The largest absolute Gasteiger partial charge is 0.329 e. The maximum atomic E-state index is 2.67. The molecule has 1 aliphatic heterocycles. The number of hydrogen-bond donors (Lipinski definition) is 0. The average Bonchev–Trinajstić information content (AvgIpc) is 3.33. The maximum absolute atomic E-state index is 2.67. The molecule has 0 radical (unpaired) electrons. The first-order valence-electron chi connectivity index (χ1n) is 16.2. The minimum Gasteiger partial charge on any atom is -0.329 e. The molecule has 0 fully saturated rings. The highest BCUT2D eigenvalue weighted by atomic mass is 15.2. The van der Waals surface area contributed by atoms with Gasteiger partial charge in [-0.25, -0.2) is 0 Å². The van der Waals surface area contributed by atoms with E-state index in [2.05, 4.69) is 168 Å². The van der Waals surface area contributed by atoms with Gasteiger partial charge in [-0.15, -0.1) is 0 Å². The van der Waals surface area contributed by atoms with Gasteiger partial charge >= 0.3 is 0 Å². The Morgan fingerprint density at radius 3 is 1.42 bits per heavy atom. The average molecular weight is 582 g/mol. The molecule has 0 bridgehead atoms. The van der Waals surface area contributed by atoms with Crippen LogP contribution in [0.1, 0.15) is 72.8 Å². The zero-order chi connectivity index (χ0) is 31.0. The first-order valence-corrected chi connectivity index (χ1v) is 16.2. The molecule has 1 heterocycles. The minimum atomic E-state index is -0.406. The van der Waals surface area contributed by atoms with Crippen molar-refractivity contribution in [2.75, 3.05) is 4.90 Å². The molecule has 1 unspecified atom stereocenters. The van der Waals surface area contributed by atoms with Gasteiger partial charge in [-0.3, -0.25) is 0 Å². The van der Waals surface area contributed by atoms with Crippen LogP contribution in [0.25, 0.3) is 11.1 Å². The van der Waals surface area contributed by atoms with Crippen molar-refractivity contribution in [3.63, 3.8) is 0 Å². The van der Waals surface area contributed by atoms with Gasteiger partial charge < -0.3 is 4.90 Å². The van der Waals surface area contributed by atoms with Gasteiger partial charge in [0.15, 0.2) is 0 Å². The molecule has 6 aromatic rings. The van der Waals surface area contributed by atoms with E-state index in [0.29, 0.717) is 0 Å². The van der Waals surface area contributed by atoms with Crippen LogP contribution >= 0.6 is 0 Å². The van der Waals surface area contributed by atoms with Gasteiger partial charge in [0.1, 0.15) is 0 Å². The van der Waals surface area contributed by atoms with Crippen molar-refractivity contribution < 1.29 is 0 Å². The molecule has 1 nitrogen and oxygen atoms in total. The molecule has 0 amide bonds. The van der Waals surface area contributed by atoms with E-state index in [1.165, 1.54) is 89.3 Å². The predicted molar refractivity (Wildman–Crippen MR) is 189 cm³/mol. The van der Waals surface area contributed by atoms with E-state index in [1.54, 1.807) is 0 Å². The lowest BCUT2D eigenvalue weighted by molar-refractivity contribution is 0.703. The molecule has 0 saturated heterocycles. The standard InChI is InChI=1S/C44H39N/c1-27-23-31(5)42(32(6)24-27)43(35-26-29(3)28(2)25-30(35)4)45-40-21-13-11-19-38(40)44(39-20-12-14-22-41(39)45)36-17-9-7-15-33(36)34-16-8-10-18-37(34)44/h7-26,43H,1-6H3. The van der Waals surface area contributed by atoms with Gasteiger partial charge in [-0.2, -0.15) is 0 Å². The fourth-order valence-corrected chi connectivity index (χ4v) is 8.69. The smallest absolute Gasteiger partial charge is 0.0852 e. The summed E-state index contributed by atoms with van der Waals surface area (Å²) in [6, 6.07) is 46.1. The highest BCUT2D eigenvalue weighted by molar-refractivity contribution is 5.93. The molecule has 1 aliphatic carbocycles. The number of nitrogens with zero attached hydrogens (tertiary/aromatic N) is 1. The van der Waals surface area contributed by atoms with Crippen LogP contribution in [0.15, 0.2) is 121 Å². The van der Waals surface area contributed by atoms with Crippen molar-refractivity contribution in [1.82, 2.24) is 0 Å². The summed E-state index contributed by atoms with van der Waals surface area (Å²) in [4.78, 5) is 2.67. The maximum Gasteiger partial charge on any atom is 0.0852 e. The third-order valence-corrected chi connectivity index (χ3v) is 10.5. The van der Waals surface area contributed by atoms with Crippen molar-refractivity contribution in [2.45, 2.75) is 53.0 Å². The summed E-state index contributed by atoms with van der Waals surface area (Å²) in [6.07, 6.45) is 0. The normalized spacial score (nSPS) is 14.5. The Hall–Kier alpha value is -4.88. The Morgan fingerprint density at radius 1 is 0.444 bits per heavy atom. The van der Waals surface area contributed by atoms with Crippen LogP contribution in [0.2, 0.25) is 0 Å². The van der Waals surface area contributed by atoms with Crippen molar-refractivity contribution >= 4 is 11.4 Å². The summed E-state index contributed by atoms with van der Waals surface area (Å²) in [5, 5.41) is 0. The Balaban J connectivity index is 1.52. The van der Waals surface area contributed by atoms with E-state index >= 15 is 0 Å². The van der Waals surface area contributed by atoms with Crippen molar-refractivity contribution in [1.29, 1.82) is 0 Å². The Bertz CT molecular complexity index is 2030. The Morgan fingerprint density at radius 2 is 0.889 bits per heavy atom. The Labute approximate surface area is 267 Å². The second-order valence-electron chi connectivity index (χ2n) is 13.3. The van der Waals surface area contributed by atoms with Crippen LogP contribution in [0.3, 0.4) is 0 Å². The highest BCUT2D eigenvalue weighted by Gasteiger charge is 2.52. The van der Waals surface area contributed by atoms with Crippen molar-refractivity contribution in [3.05, 3.63) is 188 Å². The topological polar surface area (TPSA) is 3.24 Å². The number of fused-ring (bicyclic) bond motifs is 9. The summed E-state index contributed by atoms with van der Waals surface area (Å²) in [7, 11) is 0. The van der Waals surface area contributed by atoms with E-state index in [4.69, 9.17) is 0 Å². The summed E-state index contributed by atoms with van der Waals surface area (Å²) in [6.45, 7) is 13.6. The molecule has 0 N–H and O–H groups in total. The molecule has 2 aliphatic rings. The van der Waals surface area contributed by atoms with Crippen LogP contribution in [0.5, 0.6) is 0 Å². The van der Waals surface area contributed by atoms with Gasteiger partial charge in [0, 0.05) is 11.4 Å². The fraction of sp³-hybridized carbons (Fsp3) is 0.182. The summed E-state index contributed by atoms with van der Waals surface area (Å²) >= 11 is 0. The second kappa shape index (κ2) is 10.1. The third-order valence-electron chi connectivity index (χ3n) is 10.5. The second-order valence-corrected chi connectivity index (χ2v) is 13.3. The fourth-order valence-electron chi connectivity index (χ4n) is 8.69. The van der Waals surface area contributed by atoms with Gasteiger partial charge in [-0.05, 0) is 126 Å². The number of anilines is 2. The van der Waals surface area contributed by atoms with E-state index < -0.39 is 5.41 Å². The first-order chi connectivity index (χ1) is 21.8. The quantitative estimate of drug-likeness (QED) is 0.201. The van der Waals surface area contributed by atoms with Crippen LogP contribution in [0.4, 0.5) is 11.4 Å². The molecular formula is C44H39N. The lowest BCUT2D eigenvalue weighted by atomic mass is 9.64. The molecular weight excluding hydrogens is 542 g/mol. The molecule has 45 heavy (non-hydrogen) atoms. The molecule has 1 atom stereocenters. The van der Waals surface area contributed by atoms with Crippen molar-refractivity contribution in [3.8, 4) is 11.1 Å². The lowest BCUT2D eigenvalue weighted by Crippen LogP contribution is -2.40. The molecule has 0 saturated carbocycles. The number of rotatable bonds is 3. The van der Waals surface area contributed by atoms with E-state index in [0.717, 1.165) is 0 Å². The Kier molecular flexibility index (Phi) is 6.19. The van der Waals surface area contributed by atoms with Crippen LogP contribution in [0, 0.1) is 41.5 Å². The first kappa shape index (κ1) is 27.7. The number of para-hydroxylation sites is 2. The SMILES string of the molecule is Cc1cc(C)c(C(c2cc(C)c(C)cc2C)N2c3ccccc3C3(c4ccccc4-c4ccccc43)c3ccccc32)c(C)c1. The van der Waals surface area contributed by atoms with E-state index in [9.17, 15) is 0 Å². The summed E-state index contributed by atoms with van der Waals surface area (Å²) in [5.74, 6) is 0.